The number of ketones is 1. The van der Waals surface area contributed by atoms with Crippen LogP contribution in [0.1, 0.15) is 42.0 Å². The van der Waals surface area contributed by atoms with Gasteiger partial charge in [0.05, 0.1) is 0 Å². The van der Waals surface area contributed by atoms with E-state index in [1.807, 2.05) is 24.3 Å². The van der Waals surface area contributed by atoms with E-state index < -0.39 is 0 Å². The minimum absolute atomic E-state index is 0.0811. The molecule has 3 aromatic rings. The number of carbonyl (C=O) groups is 1. The fourth-order valence-corrected chi connectivity index (χ4v) is 4.72. The van der Waals surface area contributed by atoms with Gasteiger partial charge in [-0.2, -0.15) is 0 Å². The summed E-state index contributed by atoms with van der Waals surface area (Å²) in [7, 11) is 0. The molecule has 0 aliphatic rings. The molecule has 162 valence electrons. The van der Waals surface area contributed by atoms with Crippen molar-refractivity contribution in [2.24, 2.45) is 0 Å². The first kappa shape index (κ1) is 23.4. The highest BCUT2D eigenvalue weighted by molar-refractivity contribution is 9.11. The number of halogens is 2. The van der Waals surface area contributed by atoms with Gasteiger partial charge in [0.25, 0.3) is 0 Å². The number of ether oxygens (including phenoxy) is 1. The van der Waals surface area contributed by atoms with Gasteiger partial charge in [0.2, 0.25) is 0 Å². The van der Waals surface area contributed by atoms with Crippen molar-refractivity contribution in [3.63, 3.8) is 0 Å². The van der Waals surface area contributed by atoms with Crippen molar-refractivity contribution in [1.29, 1.82) is 0 Å². The molecule has 0 bridgehead atoms. The van der Waals surface area contributed by atoms with Crippen LogP contribution < -0.4 is 4.74 Å². The van der Waals surface area contributed by atoms with Gasteiger partial charge in [-0.1, -0.05) is 76.0 Å². The lowest BCUT2D eigenvalue weighted by atomic mass is 9.96. The molecule has 0 saturated heterocycles. The normalized spacial score (nSPS) is 11.0. The van der Waals surface area contributed by atoms with Crippen molar-refractivity contribution in [2.45, 2.75) is 32.6 Å². The second kappa shape index (κ2) is 10.3. The number of aromatic hydroxyl groups is 2. The third kappa shape index (κ3) is 6.11. The number of para-hydroxylation sites is 1. The molecule has 3 aromatic carbocycles. The van der Waals surface area contributed by atoms with Gasteiger partial charge in [-0.15, -0.1) is 0 Å². The Hall–Kier alpha value is -2.31. The van der Waals surface area contributed by atoms with E-state index in [2.05, 4.69) is 45.7 Å². The Morgan fingerprint density at radius 3 is 2.29 bits per heavy atom. The first-order chi connectivity index (χ1) is 14.7. The highest BCUT2D eigenvalue weighted by atomic mass is 79.9. The van der Waals surface area contributed by atoms with Gasteiger partial charge in [0.15, 0.2) is 5.78 Å². The molecule has 0 aliphatic heterocycles. The molecule has 0 saturated carbocycles. The SMILES string of the molecule is CC(C)c1cc(Cc2c(Br)cc(OCC(=O)Cc3ccccc3O)cc2Br)ccc1O. The maximum atomic E-state index is 12.3. The summed E-state index contributed by atoms with van der Waals surface area (Å²) in [6.07, 6.45) is 0.791. The lowest BCUT2D eigenvalue weighted by Crippen LogP contribution is -2.14. The first-order valence-electron chi connectivity index (χ1n) is 9.95. The van der Waals surface area contributed by atoms with Crippen molar-refractivity contribution < 1.29 is 19.7 Å². The Morgan fingerprint density at radius 1 is 0.968 bits per heavy atom. The summed E-state index contributed by atoms with van der Waals surface area (Å²) in [6, 6.07) is 16.2. The molecule has 0 aromatic heterocycles. The lowest BCUT2D eigenvalue weighted by Gasteiger charge is -2.14. The summed E-state index contributed by atoms with van der Waals surface area (Å²) in [4.78, 5) is 12.3. The van der Waals surface area contributed by atoms with Crippen molar-refractivity contribution in [3.05, 3.63) is 85.8 Å². The van der Waals surface area contributed by atoms with Crippen molar-refractivity contribution in [2.75, 3.05) is 6.61 Å². The predicted molar refractivity (Wildman–Crippen MR) is 129 cm³/mol. The Morgan fingerprint density at radius 2 is 1.65 bits per heavy atom. The highest BCUT2D eigenvalue weighted by Gasteiger charge is 2.14. The third-order valence-electron chi connectivity index (χ3n) is 4.99. The van der Waals surface area contributed by atoms with Gasteiger partial charge in [0, 0.05) is 20.9 Å². The van der Waals surface area contributed by atoms with E-state index in [1.165, 1.54) is 0 Å². The largest absolute Gasteiger partial charge is 0.508 e. The minimum Gasteiger partial charge on any atom is -0.508 e. The van der Waals surface area contributed by atoms with E-state index in [4.69, 9.17) is 4.74 Å². The van der Waals surface area contributed by atoms with Crippen LogP contribution in [0.5, 0.6) is 17.2 Å². The average Bonchev–Trinajstić information content (AvgIpc) is 2.72. The fourth-order valence-electron chi connectivity index (χ4n) is 3.30. The Bertz CT molecular complexity index is 1070. The van der Waals surface area contributed by atoms with Gasteiger partial charge in [-0.25, -0.2) is 0 Å². The Balaban J connectivity index is 1.68. The standard InChI is InChI=1S/C25H24Br2O4/c1-15(2)20-9-16(7-8-25(20)30)10-21-22(26)12-19(13-23(21)27)31-14-18(28)11-17-5-3-4-6-24(17)29/h3-9,12-13,15,29-30H,10-11,14H2,1-2H3. The summed E-state index contributed by atoms with van der Waals surface area (Å²) in [6.45, 7) is 4.02. The van der Waals surface area contributed by atoms with E-state index in [1.54, 1.807) is 30.3 Å². The monoisotopic (exact) mass is 546 g/mol. The molecule has 0 unspecified atom stereocenters. The zero-order chi connectivity index (χ0) is 22.5. The number of benzene rings is 3. The van der Waals surface area contributed by atoms with Crippen LogP contribution in [0.4, 0.5) is 0 Å². The smallest absolute Gasteiger partial charge is 0.174 e. The molecule has 0 atom stereocenters. The van der Waals surface area contributed by atoms with Crippen molar-refractivity contribution in [1.82, 2.24) is 0 Å². The molecule has 31 heavy (non-hydrogen) atoms. The quantitative estimate of drug-likeness (QED) is 0.336. The molecular formula is C25H24Br2O4. The number of hydrogen-bond donors (Lipinski definition) is 2. The van der Waals surface area contributed by atoms with Crippen LogP contribution in [0.15, 0.2) is 63.5 Å². The number of Topliss-reactive ketones (excluding diaryl/α,β-unsaturated/α-hetero) is 1. The van der Waals surface area contributed by atoms with Gasteiger partial charge in [0.1, 0.15) is 23.9 Å². The summed E-state index contributed by atoms with van der Waals surface area (Å²) in [5.41, 5.74) is 3.65. The van der Waals surface area contributed by atoms with Crippen LogP contribution in [-0.4, -0.2) is 22.6 Å². The molecule has 2 N–H and O–H groups in total. The summed E-state index contributed by atoms with van der Waals surface area (Å²) in [5, 5.41) is 19.9. The lowest BCUT2D eigenvalue weighted by molar-refractivity contribution is -0.120. The van der Waals surface area contributed by atoms with E-state index in [-0.39, 0.29) is 30.5 Å². The van der Waals surface area contributed by atoms with E-state index >= 15 is 0 Å². The van der Waals surface area contributed by atoms with Crippen LogP contribution in [0, 0.1) is 0 Å². The third-order valence-corrected chi connectivity index (χ3v) is 6.40. The van der Waals surface area contributed by atoms with Gasteiger partial charge >= 0.3 is 0 Å². The van der Waals surface area contributed by atoms with Crippen LogP contribution in [-0.2, 0) is 17.6 Å². The molecule has 0 radical (unpaired) electrons. The molecular weight excluding hydrogens is 524 g/mol. The molecule has 0 fully saturated rings. The number of phenols is 2. The number of hydrogen-bond acceptors (Lipinski definition) is 4. The van der Waals surface area contributed by atoms with Crippen molar-refractivity contribution >= 4 is 37.6 Å². The second-order valence-corrected chi connectivity index (χ2v) is 9.43. The summed E-state index contributed by atoms with van der Waals surface area (Å²) >= 11 is 7.22. The van der Waals surface area contributed by atoms with Crippen LogP contribution in [0.25, 0.3) is 0 Å². The van der Waals surface area contributed by atoms with Crippen LogP contribution >= 0.6 is 31.9 Å². The zero-order valence-electron chi connectivity index (χ0n) is 17.4. The summed E-state index contributed by atoms with van der Waals surface area (Å²) < 4.78 is 7.42. The molecule has 0 heterocycles. The van der Waals surface area contributed by atoms with Gasteiger partial charge in [-0.05, 0) is 53.3 Å². The van der Waals surface area contributed by atoms with Crippen LogP contribution in [0.2, 0.25) is 0 Å². The maximum absolute atomic E-state index is 12.3. The number of phenolic OH excluding ortho intramolecular Hbond substituents is 2. The predicted octanol–water partition coefficient (Wildman–Crippen LogP) is 6.53. The Kier molecular flexibility index (Phi) is 7.79. The molecule has 0 spiro atoms. The molecule has 6 heteroatoms. The minimum atomic E-state index is -0.122. The summed E-state index contributed by atoms with van der Waals surface area (Å²) in [5.74, 6) is 1.11. The molecule has 0 amide bonds. The van der Waals surface area contributed by atoms with E-state index in [0.29, 0.717) is 23.5 Å². The van der Waals surface area contributed by atoms with Gasteiger partial charge < -0.3 is 14.9 Å². The molecule has 3 rings (SSSR count). The first-order valence-corrected chi connectivity index (χ1v) is 11.5. The molecule has 0 aliphatic carbocycles. The van der Waals surface area contributed by atoms with E-state index in [9.17, 15) is 15.0 Å². The topological polar surface area (TPSA) is 66.8 Å². The van der Waals surface area contributed by atoms with Crippen LogP contribution in [0.3, 0.4) is 0 Å². The second-order valence-electron chi connectivity index (χ2n) is 7.72. The fraction of sp³-hybridized carbons (Fsp3) is 0.240. The van der Waals surface area contributed by atoms with Crippen molar-refractivity contribution in [3.8, 4) is 17.2 Å². The molecule has 4 nitrogen and oxygen atoms in total. The zero-order valence-corrected chi connectivity index (χ0v) is 20.5. The van der Waals surface area contributed by atoms with Gasteiger partial charge in [-0.3, -0.25) is 4.79 Å². The highest BCUT2D eigenvalue weighted by Crippen LogP contribution is 2.34. The average molecular weight is 548 g/mol. The number of rotatable bonds is 8. The maximum Gasteiger partial charge on any atom is 0.174 e. The Labute approximate surface area is 199 Å². The van der Waals surface area contributed by atoms with E-state index in [0.717, 1.165) is 25.6 Å². The number of carbonyl (C=O) groups excluding carboxylic acids is 1.